The Balaban J connectivity index is 3.06. The van der Waals surface area contributed by atoms with Crippen LogP contribution in [0.25, 0.3) is 0 Å². The lowest BCUT2D eigenvalue weighted by Gasteiger charge is -2.19. The summed E-state index contributed by atoms with van der Waals surface area (Å²) in [6, 6.07) is 3.64. The van der Waals surface area contributed by atoms with E-state index in [0.717, 1.165) is 5.56 Å². The second-order valence-corrected chi connectivity index (χ2v) is 4.38. The van der Waals surface area contributed by atoms with E-state index in [0.29, 0.717) is 36.8 Å². The Morgan fingerprint density at radius 1 is 1.24 bits per heavy atom. The molecule has 0 bridgehead atoms. The number of methoxy groups -OCH3 is 2. The van der Waals surface area contributed by atoms with Gasteiger partial charge in [0.1, 0.15) is 0 Å². The van der Waals surface area contributed by atoms with E-state index in [2.05, 4.69) is 0 Å². The lowest BCUT2D eigenvalue weighted by Crippen LogP contribution is -2.26. The van der Waals surface area contributed by atoms with Gasteiger partial charge in [0.05, 0.1) is 20.8 Å². The predicted molar refractivity (Wildman–Crippen MR) is 79.0 cm³/mol. The van der Waals surface area contributed by atoms with E-state index in [9.17, 15) is 4.79 Å². The molecule has 21 heavy (non-hydrogen) atoms. The van der Waals surface area contributed by atoms with Crippen molar-refractivity contribution in [1.29, 1.82) is 0 Å². The second-order valence-electron chi connectivity index (χ2n) is 4.38. The molecule has 0 saturated heterocycles. The summed E-state index contributed by atoms with van der Waals surface area (Å²) in [6.45, 7) is 4.18. The first kappa shape index (κ1) is 17.1. The number of hydrogen-bond donors (Lipinski definition) is 1. The fourth-order valence-corrected chi connectivity index (χ4v) is 1.85. The Bertz CT molecular complexity index is 450. The summed E-state index contributed by atoms with van der Waals surface area (Å²) in [4.78, 5) is 11.7. The molecule has 0 spiro atoms. The van der Waals surface area contributed by atoms with E-state index < -0.39 is 12.1 Å². The third-order valence-electron chi connectivity index (χ3n) is 2.87. The molecule has 0 radical (unpaired) electrons. The monoisotopic (exact) mass is 297 g/mol. The van der Waals surface area contributed by atoms with Gasteiger partial charge in [-0.2, -0.15) is 0 Å². The van der Waals surface area contributed by atoms with Crippen LogP contribution in [-0.2, 0) is 16.0 Å². The molecule has 0 saturated carbocycles. The number of carbonyl (C=O) groups excluding carboxylic acids is 1. The lowest BCUT2D eigenvalue weighted by atomic mass is 10.1. The lowest BCUT2D eigenvalue weighted by molar-refractivity contribution is -0.150. The number of carbonyl (C=O) groups is 1. The maximum atomic E-state index is 11.7. The minimum atomic E-state index is -0.756. The van der Waals surface area contributed by atoms with Crippen LogP contribution in [0, 0.1) is 0 Å². The van der Waals surface area contributed by atoms with Crippen LogP contribution in [0.3, 0.4) is 0 Å². The number of hydrogen-bond acceptors (Lipinski definition) is 6. The highest BCUT2D eigenvalue weighted by Crippen LogP contribution is 2.39. The molecule has 0 heterocycles. The molecule has 1 unspecified atom stereocenters. The quantitative estimate of drug-likeness (QED) is 0.733. The minimum Gasteiger partial charge on any atom is -0.493 e. The van der Waals surface area contributed by atoms with E-state index in [1.54, 1.807) is 13.8 Å². The van der Waals surface area contributed by atoms with Crippen LogP contribution in [0.15, 0.2) is 12.1 Å². The molecule has 118 valence electrons. The molecule has 2 N–H and O–H groups in total. The zero-order valence-corrected chi connectivity index (χ0v) is 13.0. The van der Waals surface area contributed by atoms with Crippen molar-refractivity contribution >= 4 is 5.97 Å². The second kappa shape index (κ2) is 8.36. The van der Waals surface area contributed by atoms with Crippen LogP contribution in [0.5, 0.6) is 17.2 Å². The first-order valence-electron chi connectivity index (χ1n) is 6.85. The van der Waals surface area contributed by atoms with Crippen molar-refractivity contribution in [1.82, 2.24) is 0 Å². The van der Waals surface area contributed by atoms with Gasteiger partial charge in [0.25, 0.3) is 0 Å². The van der Waals surface area contributed by atoms with E-state index >= 15 is 0 Å². The summed E-state index contributed by atoms with van der Waals surface area (Å²) < 4.78 is 21.2. The smallest absolute Gasteiger partial charge is 0.347 e. The molecule has 1 atom stereocenters. The van der Waals surface area contributed by atoms with Gasteiger partial charge in [-0.05, 0) is 44.5 Å². The Kier molecular flexibility index (Phi) is 6.81. The number of esters is 1. The van der Waals surface area contributed by atoms with Gasteiger partial charge in [0.15, 0.2) is 17.6 Å². The molecule has 0 aromatic heterocycles. The van der Waals surface area contributed by atoms with Gasteiger partial charge in [-0.3, -0.25) is 0 Å². The molecule has 1 rings (SSSR count). The van der Waals surface area contributed by atoms with E-state index in [4.69, 9.17) is 24.7 Å². The number of nitrogens with two attached hydrogens (primary N) is 1. The average molecular weight is 297 g/mol. The van der Waals surface area contributed by atoms with E-state index in [-0.39, 0.29) is 0 Å². The fourth-order valence-electron chi connectivity index (χ4n) is 1.85. The molecule has 1 aromatic carbocycles. The maximum absolute atomic E-state index is 11.7. The normalized spacial score (nSPS) is 11.7. The SMILES string of the molecule is CCOC(=O)C(C)Oc1c(OC)cc(CCN)cc1OC. The summed E-state index contributed by atoms with van der Waals surface area (Å²) in [6.07, 6.45) is -0.0615. The van der Waals surface area contributed by atoms with Crippen molar-refractivity contribution in [3.05, 3.63) is 17.7 Å². The fraction of sp³-hybridized carbons (Fsp3) is 0.533. The molecule has 0 aliphatic rings. The molecule has 0 aliphatic carbocycles. The number of rotatable bonds is 8. The number of benzene rings is 1. The molecule has 6 heteroatoms. The van der Waals surface area contributed by atoms with Gasteiger partial charge in [0, 0.05) is 0 Å². The van der Waals surface area contributed by atoms with Gasteiger partial charge < -0.3 is 24.7 Å². The Morgan fingerprint density at radius 3 is 2.24 bits per heavy atom. The molecule has 1 aromatic rings. The van der Waals surface area contributed by atoms with Gasteiger partial charge in [-0.25, -0.2) is 4.79 Å². The highest BCUT2D eigenvalue weighted by atomic mass is 16.6. The van der Waals surface area contributed by atoms with Gasteiger partial charge in [-0.15, -0.1) is 0 Å². The van der Waals surface area contributed by atoms with Gasteiger partial charge in [-0.1, -0.05) is 0 Å². The highest BCUT2D eigenvalue weighted by Gasteiger charge is 2.21. The first-order valence-corrected chi connectivity index (χ1v) is 6.85. The van der Waals surface area contributed by atoms with Crippen LogP contribution in [0.2, 0.25) is 0 Å². The number of ether oxygens (including phenoxy) is 4. The van der Waals surface area contributed by atoms with E-state index in [1.807, 2.05) is 12.1 Å². The molecule has 0 fully saturated rings. The summed E-state index contributed by atoms with van der Waals surface area (Å²) in [5.41, 5.74) is 6.54. The first-order chi connectivity index (χ1) is 10.1. The van der Waals surface area contributed by atoms with Crippen molar-refractivity contribution in [3.63, 3.8) is 0 Å². The van der Waals surface area contributed by atoms with Crippen LogP contribution in [-0.4, -0.2) is 39.4 Å². The van der Waals surface area contributed by atoms with Crippen LogP contribution in [0.4, 0.5) is 0 Å². The Hall–Kier alpha value is -1.95. The van der Waals surface area contributed by atoms with Crippen LogP contribution >= 0.6 is 0 Å². The van der Waals surface area contributed by atoms with Crippen molar-refractivity contribution in [3.8, 4) is 17.2 Å². The summed E-state index contributed by atoms with van der Waals surface area (Å²) in [5, 5.41) is 0. The maximum Gasteiger partial charge on any atom is 0.347 e. The third-order valence-corrected chi connectivity index (χ3v) is 2.87. The largest absolute Gasteiger partial charge is 0.493 e. The van der Waals surface area contributed by atoms with Crippen LogP contribution in [0.1, 0.15) is 19.4 Å². The van der Waals surface area contributed by atoms with Gasteiger partial charge in [0.2, 0.25) is 5.75 Å². The van der Waals surface area contributed by atoms with Crippen molar-refractivity contribution in [2.24, 2.45) is 5.73 Å². The zero-order chi connectivity index (χ0) is 15.8. The van der Waals surface area contributed by atoms with E-state index in [1.165, 1.54) is 14.2 Å². The minimum absolute atomic E-state index is 0.302. The van der Waals surface area contributed by atoms with Crippen molar-refractivity contribution < 1.29 is 23.7 Å². The molecular formula is C15H23NO5. The van der Waals surface area contributed by atoms with Crippen LogP contribution < -0.4 is 19.9 Å². The topological polar surface area (TPSA) is 80.0 Å². The average Bonchev–Trinajstić information content (AvgIpc) is 2.48. The Morgan fingerprint density at radius 2 is 1.81 bits per heavy atom. The van der Waals surface area contributed by atoms with Crippen molar-refractivity contribution in [2.75, 3.05) is 27.4 Å². The standard InChI is InChI=1S/C15H23NO5/c1-5-20-15(17)10(2)21-14-12(18-3)8-11(6-7-16)9-13(14)19-4/h8-10H,5-7,16H2,1-4H3. The Labute approximate surface area is 125 Å². The van der Waals surface area contributed by atoms with Crippen molar-refractivity contribution in [2.45, 2.75) is 26.4 Å². The summed E-state index contributed by atoms with van der Waals surface area (Å²) in [7, 11) is 3.06. The summed E-state index contributed by atoms with van der Waals surface area (Å²) >= 11 is 0. The molecule has 6 nitrogen and oxygen atoms in total. The molecular weight excluding hydrogens is 274 g/mol. The molecule has 0 aliphatic heterocycles. The summed E-state index contributed by atoms with van der Waals surface area (Å²) in [5.74, 6) is 0.928. The van der Waals surface area contributed by atoms with Gasteiger partial charge >= 0.3 is 5.97 Å². The predicted octanol–water partition coefficient (Wildman–Crippen LogP) is 1.54. The third kappa shape index (κ3) is 4.53. The molecule has 0 amide bonds. The highest BCUT2D eigenvalue weighted by molar-refractivity contribution is 5.75. The zero-order valence-electron chi connectivity index (χ0n) is 13.0.